The van der Waals surface area contributed by atoms with Crippen molar-refractivity contribution in [3.8, 4) is 0 Å². The maximum atomic E-state index is 13.5. The molecule has 8 nitrogen and oxygen atoms in total. The summed E-state index contributed by atoms with van der Waals surface area (Å²) >= 11 is 0. The number of amides is 1. The van der Waals surface area contributed by atoms with Crippen LogP contribution in [0.25, 0.3) is 11.0 Å². The van der Waals surface area contributed by atoms with Crippen molar-refractivity contribution >= 4 is 38.3 Å². The van der Waals surface area contributed by atoms with Crippen LogP contribution in [0.15, 0.2) is 30.3 Å². The molecule has 2 aliphatic rings. The number of anilines is 2. The van der Waals surface area contributed by atoms with E-state index < -0.39 is 10.0 Å². The molecule has 1 aliphatic heterocycles. The number of benzene rings is 1. The molecule has 0 bridgehead atoms. The number of nitrogens with one attached hydrogen (secondary N) is 1. The molecule has 2 aromatic heterocycles. The number of nitrogens with zero attached hydrogens (tertiary/aromatic N) is 4. The first-order valence-electron chi connectivity index (χ1n) is 11.4. The van der Waals surface area contributed by atoms with Crippen LogP contribution in [0, 0.1) is 6.92 Å². The number of hydrogen-bond acceptors (Lipinski definition) is 5. The maximum Gasteiger partial charge on any atom is 0.256 e. The standard InChI is InChI=1S/C24H29N5O3S/c1-15-21-19(14-20(16-9-10-16)26-22(21)29(27-15)24(2,3)4)23(30)25-17-7-5-8-18(13-17)28-11-6-12-33(28,31)32/h5,7-8,13-14,16H,6,9-12H2,1-4H3,(H,25,30). The van der Waals surface area contributed by atoms with E-state index in [0.29, 0.717) is 35.8 Å². The Labute approximate surface area is 194 Å². The summed E-state index contributed by atoms with van der Waals surface area (Å²) in [5.74, 6) is 0.287. The Kier molecular flexibility index (Phi) is 5.00. The average molecular weight is 468 g/mol. The van der Waals surface area contributed by atoms with Gasteiger partial charge in [-0.2, -0.15) is 5.10 Å². The molecule has 1 aromatic carbocycles. The third kappa shape index (κ3) is 3.99. The van der Waals surface area contributed by atoms with Crippen LogP contribution in [0.1, 0.15) is 67.7 Å². The predicted molar refractivity (Wildman–Crippen MR) is 129 cm³/mol. The van der Waals surface area contributed by atoms with Gasteiger partial charge in [0.05, 0.1) is 33.6 Å². The Bertz CT molecular complexity index is 1370. The van der Waals surface area contributed by atoms with Gasteiger partial charge in [0.2, 0.25) is 10.0 Å². The largest absolute Gasteiger partial charge is 0.322 e. The summed E-state index contributed by atoms with van der Waals surface area (Å²) in [5.41, 5.74) is 3.82. The molecule has 1 saturated heterocycles. The number of rotatable bonds is 4. The molecule has 1 N–H and O–H groups in total. The molecule has 0 radical (unpaired) electrons. The van der Waals surface area contributed by atoms with Gasteiger partial charge in [0, 0.05) is 23.8 Å². The van der Waals surface area contributed by atoms with Gasteiger partial charge in [-0.1, -0.05) is 6.07 Å². The van der Waals surface area contributed by atoms with Crippen molar-refractivity contribution in [3.05, 3.63) is 47.3 Å². The predicted octanol–water partition coefficient (Wildman–Crippen LogP) is 4.16. The Morgan fingerprint density at radius 2 is 1.94 bits per heavy atom. The number of aromatic nitrogens is 3. The first kappa shape index (κ1) is 21.9. The van der Waals surface area contributed by atoms with E-state index in [-0.39, 0.29) is 17.2 Å². The van der Waals surface area contributed by atoms with Gasteiger partial charge in [-0.3, -0.25) is 9.10 Å². The second-order valence-electron chi connectivity index (χ2n) is 9.98. The zero-order chi connectivity index (χ0) is 23.5. The zero-order valence-corrected chi connectivity index (χ0v) is 20.2. The van der Waals surface area contributed by atoms with Crippen molar-refractivity contribution in [2.24, 2.45) is 0 Å². The Hall–Kier alpha value is -2.94. The van der Waals surface area contributed by atoms with Crippen molar-refractivity contribution in [2.75, 3.05) is 21.9 Å². The zero-order valence-electron chi connectivity index (χ0n) is 19.4. The Morgan fingerprint density at radius 3 is 2.58 bits per heavy atom. The van der Waals surface area contributed by atoms with Gasteiger partial charge < -0.3 is 5.32 Å². The molecule has 0 spiro atoms. The number of pyridine rings is 1. The normalized spacial score (nSPS) is 18.1. The van der Waals surface area contributed by atoms with Gasteiger partial charge in [-0.05, 0) is 71.2 Å². The maximum absolute atomic E-state index is 13.5. The van der Waals surface area contributed by atoms with Crippen LogP contribution in [0.2, 0.25) is 0 Å². The smallest absolute Gasteiger partial charge is 0.256 e. The molecule has 0 atom stereocenters. The molecule has 9 heteroatoms. The summed E-state index contributed by atoms with van der Waals surface area (Å²) in [6, 6.07) is 8.90. The highest BCUT2D eigenvalue weighted by Crippen LogP contribution is 2.41. The van der Waals surface area contributed by atoms with Gasteiger partial charge in [0.25, 0.3) is 5.91 Å². The third-order valence-electron chi connectivity index (χ3n) is 6.20. The van der Waals surface area contributed by atoms with Crippen LogP contribution in [-0.4, -0.2) is 41.4 Å². The summed E-state index contributed by atoms with van der Waals surface area (Å²) in [6.45, 7) is 8.57. The molecule has 1 amide bonds. The van der Waals surface area contributed by atoms with Crippen molar-refractivity contribution < 1.29 is 13.2 Å². The highest BCUT2D eigenvalue weighted by atomic mass is 32.2. The third-order valence-corrected chi connectivity index (χ3v) is 8.07. The lowest BCUT2D eigenvalue weighted by Gasteiger charge is -2.20. The van der Waals surface area contributed by atoms with Crippen LogP contribution < -0.4 is 9.62 Å². The van der Waals surface area contributed by atoms with Gasteiger partial charge in [0.1, 0.15) is 0 Å². The van der Waals surface area contributed by atoms with Crippen molar-refractivity contribution in [2.45, 2.75) is 58.4 Å². The lowest BCUT2D eigenvalue weighted by Crippen LogP contribution is -2.25. The summed E-state index contributed by atoms with van der Waals surface area (Å²) < 4.78 is 27.9. The van der Waals surface area contributed by atoms with Gasteiger partial charge >= 0.3 is 0 Å². The van der Waals surface area contributed by atoms with E-state index in [0.717, 1.165) is 35.3 Å². The molecular formula is C24H29N5O3S. The Morgan fingerprint density at radius 1 is 1.18 bits per heavy atom. The fourth-order valence-corrected chi connectivity index (χ4v) is 5.97. The van der Waals surface area contributed by atoms with E-state index in [1.165, 1.54) is 4.31 Å². The molecule has 33 heavy (non-hydrogen) atoms. The fourth-order valence-electron chi connectivity index (χ4n) is 4.41. The second kappa shape index (κ2) is 7.55. The lowest BCUT2D eigenvalue weighted by atomic mass is 10.1. The molecule has 1 aliphatic carbocycles. The number of carbonyl (C=O) groups excluding carboxylic acids is 1. The van der Waals surface area contributed by atoms with E-state index in [9.17, 15) is 13.2 Å². The second-order valence-corrected chi connectivity index (χ2v) is 12.0. The van der Waals surface area contributed by atoms with Gasteiger partial charge in [-0.15, -0.1) is 0 Å². The van der Waals surface area contributed by atoms with Crippen LogP contribution in [0.3, 0.4) is 0 Å². The average Bonchev–Trinajstić information content (AvgIpc) is 3.45. The minimum absolute atomic E-state index is 0.152. The van der Waals surface area contributed by atoms with Crippen LogP contribution in [-0.2, 0) is 15.6 Å². The quantitative estimate of drug-likeness (QED) is 0.621. The van der Waals surface area contributed by atoms with E-state index in [1.807, 2.05) is 17.7 Å². The van der Waals surface area contributed by atoms with Crippen molar-refractivity contribution in [1.29, 1.82) is 0 Å². The number of carbonyl (C=O) groups is 1. The highest BCUT2D eigenvalue weighted by molar-refractivity contribution is 7.93. The summed E-state index contributed by atoms with van der Waals surface area (Å²) in [6.07, 6.45) is 2.76. The van der Waals surface area contributed by atoms with Crippen LogP contribution in [0.4, 0.5) is 11.4 Å². The van der Waals surface area contributed by atoms with E-state index in [4.69, 9.17) is 10.1 Å². The summed E-state index contributed by atoms with van der Waals surface area (Å²) in [7, 11) is -3.29. The first-order valence-corrected chi connectivity index (χ1v) is 13.0. The Balaban J connectivity index is 1.54. The monoisotopic (exact) mass is 467 g/mol. The van der Waals surface area contributed by atoms with Gasteiger partial charge in [-0.25, -0.2) is 18.1 Å². The van der Waals surface area contributed by atoms with Crippen LogP contribution >= 0.6 is 0 Å². The van der Waals surface area contributed by atoms with Gasteiger partial charge in [0.15, 0.2) is 5.65 Å². The number of sulfonamides is 1. The first-order chi connectivity index (χ1) is 15.5. The molecule has 174 valence electrons. The van der Waals surface area contributed by atoms with Crippen molar-refractivity contribution in [1.82, 2.24) is 14.8 Å². The molecule has 5 rings (SSSR count). The van der Waals surface area contributed by atoms with E-state index >= 15 is 0 Å². The number of hydrogen-bond donors (Lipinski definition) is 1. The minimum atomic E-state index is -3.29. The number of aryl methyl sites for hydroxylation is 1. The highest BCUT2D eigenvalue weighted by Gasteiger charge is 2.31. The minimum Gasteiger partial charge on any atom is -0.322 e. The molecule has 2 fully saturated rings. The SMILES string of the molecule is Cc1nn(C(C)(C)C)c2nc(C3CC3)cc(C(=O)Nc3cccc(N4CCCS4(=O)=O)c3)c12. The van der Waals surface area contributed by atoms with E-state index in [2.05, 4.69) is 26.1 Å². The number of fused-ring (bicyclic) bond motifs is 1. The molecule has 0 unspecified atom stereocenters. The topological polar surface area (TPSA) is 97.2 Å². The van der Waals surface area contributed by atoms with Crippen molar-refractivity contribution in [3.63, 3.8) is 0 Å². The summed E-state index contributed by atoms with van der Waals surface area (Å²) in [5, 5.41) is 8.45. The summed E-state index contributed by atoms with van der Waals surface area (Å²) in [4.78, 5) is 18.4. The van der Waals surface area contributed by atoms with Crippen LogP contribution in [0.5, 0.6) is 0 Å². The fraction of sp³-hybridized carbons (Fsp3) is 0.458. The molecule has 3 aromatic rings. The molecule has 1 saturated carbocycles. The molecule has 3 heterocycles. The molecular weight excluding hydrogens is 438 g/mol. The lowest BCUT2D eigenvalue weighted by molar-refractivity contribution is 0.102. The van der Waals surface area contributed by atoms with E-state index in [1.54, 1.807) is 24.3 Å².